The van der Waals surface area contributed by atoms with Crippen LogP contribution >= 0.6 is 0 Å². The molecule has 0 amide bonds. The summed E-state index contributed by atoms with van der Waals surface area (Å²) in [6.45, 7) is 0. The summed E-state index contributed by atoms with van der Waals surface area (Å²) in [4.78, 5) is 9.54. The Balaban J connectivity index is 1.60. The maximum atomic E-state index is 5.20. The highest BCUT2D eigenvalue weighted by Crippen LogP contribution is 2.37. The molecule has 0 fully saturated rings. The summed E-state index contributed by atoms with van der Waals surface area (Å²) in [6, 6.07) is 40.3. The lowest BCUT2D eigenvalue weighted by Gasteiger charge is -2.13. The van der Waals surface area contributed by atoms with Crippen LogP contribution in [0.25, 0.3) is 60.8 Å². The fourth-order valence-electron chi connectivity index (χ4n) is 5.07. The Hall–Kier alpha value is -4.76. The number of aromatic nitrogens is 3. The highest BCUT2D eigenvalue weighted by molar-refractivity contribution is 6.21. The van der Waals surface area contributed by atoms with E-state index < -0.39 is 0 Å². The molecule has 0 atom stereocenters. The molecule has 0 saturated heterocycles. The third-order valence-corrected chi connectivity index (χ3v) is 6.67. The van der Waals surface area contributed by atoms with Crippen molar-refractivity contribution in [3.63, 3.8) is 0 Å². The second-order valence-corrected chi connectivity index (χ2v) is 8.74. The van der Waals surface area contributed by atoms with E-state index in [1.165, 1.54) is 21.7 Å². The number of nitrogens with zero attached hydrogens (tertiary/aromatic N) is 3. The fourth-order valence-corrected chi connectivity index (χ4v) is 5.07. The van der Waals surface area contributed by atoms with Crippen molar-refractivity contribution < 1.29 is 0 Å². The van der Waals surface area contributed by atoms with E-state index >= 15 is 0 Å². The van der Waals surface area contributed by atoms with Crippen LogP contribution in [0.15, 0.2) is 128 Å². The third-order valence-electron chi connectivity index (χ3n) is 6.67. The molecule has 3 nitrogen and oxygen atoms in total. The van der Waals surface area contributed by atoms with Gasteiger partial charge in [-0.3, -0.25) is 9.55 Å². The summed E-state index contributed by atoms with van der Waals surface area (Å²) < 4.78 is 2.30. The number of hydrogen-bond donors (Lipinski definition) is 0. The molecule has 4 aromatic carbocycles. The van der Waals surface area contributed by atoms with Gasteiger partial charge < -0.3 is 0 Å². The number of hydrogen-bond acceptors (Lipinski definition) is 2. The molecule has 164 valence electrons. The third kappa shape index (κ3) is 3.21. The van der Waals surface area contributed by atoms with Crippen molar-refractivity contribution in [3.8, 4) is 28.2 Å². The number of fused-ring (bicyclic) bond motifs is 5. The van der Waals surface area contributed by atoms with Crippen LogP contribution in [0.5, 0.6) is 0 Å². The Bertz CT molecular complexity index is 1780. The Morgan fingerprint density at radius 1 is 0.543 bits per heavy atom. The van der Waals surface area contributed by atoms with E-state index in [-0.39, 0.29) is 0 Å². The normalized spacial score (nSPS) is 11.4. The molecule has 3 heterocycles. The Morgan fingerprint density at radius 2 is 1.29 bits per heavy atom. The maximum absolute atomic E-state index is 5.20. The average molecular weight is 448 g/mol. The van der Waals surface area contributed by atoms with E-state index in [9.17, 15) is 0 Å². The zero-order valence-corrected chi connectivity index (χ0v) is 19.0. The minimum absolute atomic E-state index is 0.907. The first-order valence-electron chi connectivity index (χ1n) is 11.8. The van der Waals surface area contributed by atoms with Crippen molar-refractivity contribution in [2.75, 3.05) is 0 Å². The van der Waals surface area contributed by atoms with Gasteiger partial charge in [0.15, 0.2) is 0 Å². The number of benzene rings is 4. The molecule has 0 unspecified atom stereocenters. The Labute approximate surface area is 203 Å². The SMILES string of the molecule is c1ccc(-c2cc(-c3ccccc3)nc(-n3c4ccccc4c4c5ccncc5ccc43)c2)cc1. The van der Waals surface area contributed by atoms with Gasteiger partial charge in [0.2, 0.25) is 0 Å². The average Bonchev–Trinajstić information content (AvgIpc) is 3.29. The minimum Gasteiger partial charge on any atom is -0.294 e. The van der Waals surface area contributed by atoms with E-state index in [1.807, 2.05) is 18.5 Å². The first-order valence-corrected chi connectivity index (χ1v) is 11.8. The number of pyridine rings is 2. The first-order chi connectivity index (χ1) is 17.4. The minimum atomic E-state index is 0.907. The molecule has 0 bridgehead atoms. The predicted octanol–water partition coefficient (Wildman–Crippen LogP) is 8.06. The Morgan fingerprint density at radius 3 is 2.11 bits per heavy atom. The highest BCUT2D eigenvalue weighted by atomic mass is 15.1. The molecule has 0 N–H and O–H groups in total. The summed E-state index contributed by atoms with van der Waals surface area (Å²) in [5.74, 6) is 0.907. The lowest BCUT2D eigenvalue weighted by atomic mass is 10.0. The van der Waals surface area contributed by atoms with Crippen molar-refractivity contribution >= 4 is 32.6 Å². The van der Waals surface area contributed by atoms with Gasteiger partial charge in [-0.1, -0.05) is 84.9 Å². The van der Waals surface area contributed by atoms with Gasteiger partial charge >= 0.3 is 0 Å². The van der Waals surface area contributed by atoms with Gasteiger partial charge in [-0.25, -0.2) is 4.98 Å². The molecule has 0 saturated carbocycles. The summed E-state index contributed by atoms with van der Waals surface area (Å²) in [7, 11) is 0. The van der Waals surface area contributed by atoms with Crippen molar-refractivity contribution in [1.29, 1.82) is 0 Å². The van der Waals surface area contributed by atoms with Gasteiger partial charge in [0.25, 0.3) is 0 Å². The molecule has 7 aromatic rings. The molecular weight excluding hydrogens is 426 g/mol. The number of para-hydroxylation sites is 1. The van der Waals surface area contributed by atoms with Crippen LogP contribution in [0, 0.1) is 0 Å². The van der Waals surface area contributed by atoms with Gasteiger partial charge in [0.1, 0.15) is 5.82 Å². The molecular formula is C32H21N3. The highest BCUT2D eigenvalue weighted by Gasteiger charge is 2.17. The molecule has 0 aliphatic carbocycles. The zero-order chi connectivity index (χ0) is 23.2. The first kappa shape index (κ1) is 19.7. The van der Waals surface area contributed by atoms with Crippen molar-refractivity contribution in [3.05, 3.63) is 128 Å². The largest absolute Gasteiger partial charge is 0.294 e. The zero-order valence-electron chi connectivity index (χ0n) is 19.0. The van der Waals surface area contributed by atoms with Crippen molar-refractivity contribution in [2.45, 2.75) is 0 Å². The lowest BCUT2D eigenvalue weighted by molar-refractivity contribution is 1.08. The second kappa shape index (κ2) is 7.93. The standard InChI is InChI=1S/C32H21N3/c1-3-9-22(10-4-1)25-19-28(23-11-5-2-6-12-23)34-31(20-25)35-29-14-8-7-13-27(29)32-26-17-18-33-21-24(26)15-16-30(32)35/h1-21H. The molecule has 0 spiro atoms. The van der Waals surface area contributed by atoms with E-state index in [4.69, 9.17) is 4.98 Å². The molecule has 7 rings (SSSR count). The van der Waals surface area contributed by atoms with Gasteiger partial charge in [0, 0.05) is 34.1 Å². The van der Waals surface area contributed by atoms with Gasteiger partial charge in [0.05, 0.1) is 16.7 Å². The monoisotopic (exact) mass is 447 g/mol. The smallest absolute Gasteiger partial charge is 0.138 e. The van der Waals surface area contributed by atoms with Gasteiger partial charge in [-0.2, -0.15) is 0 Å². The fraction of sp³-hybridized carbons (Fsp3) is 0. The summed E-state index contributed by atoms with van der Waals surface area (Å²) >= 11 is 0. The summed E-state index contributed by atoms with van der Waals surface area (Å²) in [6.07, 6.45) is 3.80. The molecule has 3 heteroatoms. The molecule has 35 heavy (non-hydrogen) atoms. The Kier molecular flexibility index (Phi) is 4.46. The second-order valence-electron chi connectivity index (χ2n) is 8.74. The van der Waals surface area contributed by atoms with Crippen LogP contribution in [0.1, 0.15) is 0 Å². The van der Waals surface area contributed by atoms with Crippen LogP contribution < -0.4 is 0 Å². The quantitative estimate of drug-likeness (QED) is 0.274. The summed E-state index contributed by atoms with van der Waals surface area (Å²) in [5, 5.41) is 4.79. The van der Waals surface area contributed by atoms with Crippen LogP contribution in [-0.2, 0) is 0 Å². The lowest BCUT2D eigenvalue weighted by Crippen LogP contribution is -2.00. The maximum Gasteiger partial charge on any atom is 0.138 e. The van der Waals surface area contributed by atoms with E-state index in [0.717, 1.165) is 39.1 Å². The van der Waals surface area contributed by atoms with Crippen LogP contribution in [-0.4, -0.2) is 14.5 Å². The van der Waals surface area contributed by atoms with Gasteiger partial charge in [-0.05, 0) is 46.8 Å². The van der Waals surface area contributed by atoms with Crippen LogP contribution in [0.4, 0.5) is 0 Å². The molecule has 0 aliphatic heterocycles. The molecule has 0 aliphatic rings. The predicted molar refractivity (Wildman–Crippen MR) is 145 cm³/mol. The van der Waals surface area contributed by atoms with Crippen molar-refractivity contribution in [1.82, 2.24) is 14.5 Å². The van der Waals surface area contributed by atoms with E-state index in [1.54, 1.807) is 0 Å². The summed E-state index contributed by atoms with van der Waals surface area (Å²) in [5.41, 5.74) is 6.66. The topological polar surface area (TPSA) is 30.7 Å². The van der Waals surface area contributed by atoms with E-state index in [2.05, 4.69) is 119 Å². The van der Waals surface area contributed by atoms with E-state index in [0.29, 0.717) is 0 Å². The molecule has 3 aromatic heterocycles. The van der Waals surface area contributed by atoms with Crippen LogP contribution in [0.3, 0.4) is 0 Å². The van der Waals surface area contributed by atoms with Crippen LogP contribution in [0.2, 0.25) is 0 Å². The number of rotatable bonds is 3. The van der Waals surface area contributed by atoms with Crippen molar-refractivity contribution in [2.24, 2.45) is 0 Å². The van der Waals surface area contributed by atoms with Gasteiger partial charge in [-0.15, -0.1) is 0 Å². The molecule has 0 radical (unpaired) electrons.